The maximum Gasteiger partial charge on any atom is 0.161 e. The van der Waals surface area contributed by atoms with Crippen LogP contribution in [0, 0.1) is 0 Å². The second kappa shape index (κ2) is 6.65. The van der Waals surface area contributed by atoms with E-state index >= 15 is 0 Å². The van der Waals surface area contributed by atoms with E-state index in [9.17, 15) is 0 Å². The SMILES string of the molecule is CCOc1cc(C2=CC3(CCOC3)ON2)ccc1OC1CCCC1. The maximum absolute atomic E-state index is 6.15. The number of hydrogen-bond donors (Lipinski definition) is 1. The summed E-state index contributed by atoms with van der Waals surface area (Å²) in [6.07, 6.45) is 8.11. The molecule has 5 nitrogen and oxygen atoms in total. The predicted molar refractivity (Wildman–Crippen MR) is 90.9 cm³/mol. The summed E-state index contributed by atoms with van der Waals surface area (Å²) < 4.78 is 17.4. The van der Waals surface area contributed by atoms with Gasteiger partial charge in [0.1, 0.15) is 5.60 Å². The van der Waals surface area contributed by atoms with Crippen molar-refractivity contribution in [2.24, 2.45) is 0 Å². The van der Waals surface area contributed by atoms with Crippen LogP contribution in [0.3, 0.4) is 0 Å². The third-order valence-corrected chi connectivity index (χ3v) is 4.94. The Morgan fingerprint density at radius 1 is 1.25 bits per heavy atom. The molecule has 1 saturated carbocycles. The number of rotatable bonds is 5. The van der Waals surface area contributed by atoms with Crippen molar-refractivity contribution in [3.63, 3.8) is 0 Å². The van der Waals surface area contributed by atoms with Gasteiger partial charge in [-0.15, -0.1) is 0 Å². The van der Waals surface area contributed by atoms with E-state index in [1.165, 1.54) is 12.8 Å². The molecule has 1 aromatic rings. The summed E-state index contributed by atoms with van der Waals surface area (Å²) in [5, 5.41) is 0. The first-order valence-electron chi connectivity index (χ1n) is 8.96. The lowest BCUT2D eigenvalue weighted by atomic mass is 10.0. The summed E-state index contributed by atoms with van der Waals surface area (Å²) in [6.45, 7) is 3.95. The van der Waals surface area contributed by atoms with E-state index in [4.69, 9.17) is 19.0 Å². The van der Waals surface area contributed by atoms with E-state index in [0.717, 1.165) is 48.6 Å². The minimum atomic E-state index is -0.319. The highest BCUT2D eigenvalue weighted by atomic mass is 16.7. The Morgan fingerprint density at radius 2 is 2.12 bits per heavy atom. The fourth-order valence-corrected chi connectivity index (χ4v) is 3.60. The molecule has 2 aliphatic heterocycles. The number of hydrogen-bond acceptors (Lipinski definition) is 5. The fraction of sp³-hybridized carbons (Fsp3) is 0.579. The average molecular weight is 331 g/mol. The highest BCUT2D eigenvalue weighted by molar-refractivity contribution is 5.68. The van der Waals surface area contributed by atoms with E-state index in [0.29, 0.717) is 19.3 Å². The van der Waals surface area contributed by atoms with E-state index < -0.39 is 0 Å². The Bertz CT molecular complexity index is 616. The zero-order valence-electron chi connectivity index (χ0n) is 14.2. The van der Waals surface area contributed by atoms with E-state index in [1.807, 2.05) is 19.1 Å². The van der Waals surface area contributed by atoms with Gasteiger partial charge in [-0.05, 0) is 56.9 Å². The molecule has 2 heterocycles. The molecule has 0 amide bonds. The predicted octanol–water partition coefficient (Wildman–Crippen LogP) is 3.44. The molecule has 4 rings (SSSR count). The van der Waals surface area contributed by atoms with E-state index in [2.05, 4.69) is 17.6 Å². The lowest BCUT2D eigenvalue weighted by Crippen LogP contribution is -2.29. The van der Waals surface area contributed by atoms with Gasteiger partial charge in [0.05, 0.1) is 25.0 Å². The van der Waals surface area contributed by atoms with Gasteiger partial charge in [0.2, 0.25) is 0 Å². The number of ether oxygens (including phenoxy) is 3. The molecule has 1 atom stereocenters. The molecule has 5 heteroatoms. The molecule has 24 heavy (non-hydrogen) atoms. The summed E-state index contributed by atoms with van der Waals surface area (Å²) >= 11 is 0. The minimum Gasteiger partial charge on any atom is -0.490 e. The molecule has 1 saturated heterocycles. The van der Waals surface area contributed by atoms with Crippen molar-refractivity contribution in [2.75, 3.05) is 19.8 Å². The first-order valence-corrected chi connectivity index (χ1v) is 8.96. The number of nitrogens with one attached hydrogen (secondary N) is 1. The third-order valence-electron chi connectivity index (χ3n) is 4.94. The molecule has 1 aromatic carbocycles. The second-order valence-electron chi connectivity index (χ2n) is 6.75. The summed E-state index contributed by atoms with van der Waals surface area (Å²) in [4.78, 5) is 5.77. The molecule has 1 spiro atoms. The largest absolute Gasteiger partial charge is 0.490 e. The van der Waals surface area contributed by atoms with Crippen molar-refractivity contribution in [3.05, 3.63) is 29.8 Å². The van der Waals surface area contributed by atoms with Gasteiger partial charge in [-0.25, -0.2) is 0 Å². The quantitative estimate of drug-likeness (QED) is 0.895. The monoisotopic (exact) mass is 331 g/mol. The zero-order valence-corrected chi connectivity index (χ0v) is 14.2. The fourth-order valence-electron chi connectivity index (χ4n) is 3.60. The first kappa shape index (κ1) is 15.8. The molecule has 0 bridgehead atoms. The third kappa shape index (κ3) is 3.10. The number of hydroxylamine groups is 1. The normalized spacial score (nSPS) is 26.6. The first-order chi connectivity index (χ1) is 11.8. The van der Waals surface area contributed by atoms with Crippen molar-refractivity contribution in [3.8, 4) is 11.5 Å². The van der Waals surface area contributed by atoms with Crippen LogP contribution in [-0.4, -0.2) is 31.5 Å². The smallest absolute Gasteiger partial charge is 0.161 e. The van der Waals surface area contributed by atoms with Gasteiger partial charge < -0.3 is 14.2 Å². The lowest BCUT2D eigenvalue weighted by Gasteiger charge is -2.17. The molecule has 130 valence electrons. The molecular weight excluding hydrogens is 306 g/mol. The molecule has 1 unspecified atom stereocenters. The molecule has 0 radical (unpaired) electrons. The van der Waals surface area contributed by atoms with Crippen molar-refractivity contribution >= 4 is 5.70 Å². The van der Waals surface area contributed by atoms with Crippen LogP contribution in [0.1, 0.15) is 44.6 Å². The summed E-state index contributed by atoms with van der Waals surface area (Å²) in [5.74, 6) is 1.64. The Balaban J connectivity index is 1.56. The minimum absolute atomic E-state index is 0.319. The van der Waals surface area contributed by atoms with Crippen LogP contribution in [0.2, 0.25) is 0 Å². The van der Waals surface area contributed by atoms with Gasteiger partial charge >= 0.3 is 0 Å². The van der Waals surface area contributed by atoms with Gasteiger partial charge in [-0.1, -0.05) is 0 Å². The van der Waals surface area contributed by atoms with Crippen LogP contribution in [0.5, 0.6) is 11.5 Å². The molecule has 1 aliphatic carbocycles. The van der Waals surface area contributed by atoms with Crippen LogP contribution in [0.15, 0.2) is 24.3 Å². The van der Waals surface area contributed by atoms with Crippen LogP contribution in [0.25, 0.3) is 5.70 Å². The van der Waals surface area contributed by atoms with Gasteiger partial charge in [0.15, 0.2) is 11.5 Å². The highest BCUT2D eigenvalue weighted by Crippen LogP contribution is 2.37. The van der Waals surface area contributed by atoms with Crippen molar-refractivity contribution < 1.29 is 19.0 Å². The molecular formula is C19H25NO4. The molecule has 0 aromatic heterocycles. The van der Waals surface area contributed by atoms with Crippen LogP contribution >= 0.6 is 0 Å². The average Bonchev–Trinajstić information content (AvgIpc) is 3.34. The second-order valence-corrected chi connectivity index (χ2v) is 6.75. The van der Waals surface area contributed by atoms with Crippen molar-refractivity contribution in [1.82, 2.24) is 5.48 Å². The van der Waals surface area contributed by atoms with E-state index in [1.54, 1.807) is 0 Å². The summed E-state index contributed by atoms with van der Waals surface area (Å²) in [6, 6.07) is 6.10. The highest BCUT2D eigenvalue weighted by Gasteiger charge is 2.39. The lowest BCUT2D eigenvalue weighted by molar-refractivity contribution is -0.0373. The van der Waals surface area contributed by atoms with Crippen LogP contribution in [-0.2, 0) is 9.57 Å². The number of benzene rings is 1. The Labute approximate surface area is 142 Å². The molecule has 3 aliphatic rings. The van der Waals surface area contributed by atoms with Gasteiger partial charge in [-0.3, -0.25) is 10.3 Å². The van der Waals surface area contributed by atoms with Crippen molar-refractivity contribution in [1.29, 1.82) is 0 Å². The Morgan fingerprint density at radius 3 is 2.88 bits per heavy atom. The molecule has 2 fully saturated rings. The zero-order chi connectivity index (χ0) is 16.4. The summed E-state index contributed by atoms with van der Waals surface area (Å²) in [5.41, 5.74) is 4.74. The maximum atomic E-state index is 6.15. The Kier molecular flexibility index (Phi) is 4.37. The van der Waals surface area contributed by atoms with Gasteiger partial charge in [-0.2, -0.15) is 0 Å². The van der Waals surface area contributed by atoms with Crippen LogP contribution in [0.4, 0.5) is 0 Å². The van der Waals surface area contributed by atoms with Gasteiger partial charge in [0.25, 0.3) is 0 Å². The summed E-state index contributed by atoms with van der Waals surface area (Å²) in [7, 11) is 0. The molecule has 1 N–H and O–H groups in total. The standard InChI is InChI=1S/C19H25NO4/c1-2-22-18-11-14(7-8-17(18)23-15-5-3-4-6-15)16-12-19(24-20-16)9-10-21-13-19/h7-8,11-12,15,20H,2-6,9-10,13H2,1H3. The van der Waals surface area contributed by atoms with Gasteiger partial charge in [0, 0.05) is 18.6 Å². The Hall–Kier alpha value is -1.72. The van der Waals surface area contributed by atoms with Crippen molar-refractivity contribution in [2.45, 2.75) is 50.7 Å². The van der Waals surface area contributed by atoms with E-state index in [-0.39, 0.29) is 5.60 Å². The van der Waals surface area contributed by atoms with Crippen LogP contribution < -0.4 is 15.0 Å². The topological polar surface area (TPSA) is 49.0 Å².